The van der Waals surface area contributed by atoms with Crippen molar-refractivity contribution in [2.24, 2.45) is 0 Å². The van der Waals surface area contributed by atoms with E-state index in [4.69, 9.17) is 23.2 Å². The van der Waals surface area contributed by atoms with Gasteiger partial charge in [0.2, 0.25) is 11.8 Å². The van der Waals surface area contributed by atoms with Crippen molar-refractivity contribution in [3.8, 4) is 0 Å². The number of carbonyl (C=O) groups is 2. The minimum absolute atomic E-state index is 0.114. The topological polar surface area (TPSA) is 49.4 Å². The van der Waals surface area contributed by atoms with Gasteiger partial charge in [-0.3, -0.25) is 9.59 Å². The van der Waals surface area contributed by atoms with E-state index in [1.807, 2.05) is 72.8 Å². The van der Waals surface area contributed by atoms with E-state index in [0.29, 0.717) is 22.2 Å². The van der Waals surface area contributed by atoms with Crippen molar-refractivity contribution in [3.05, 3.63) is 106 Å². The Hall–Kier alpha value is -2.47. The van der Waals surface area contributed by atoms with Crippen LogP contribution in [-0.4, -0.2) is 35.6 Å². The molecular formula is C26H26Cl2N2O2S. The number of likely N-dealkylation sites (N-methyl/N-ethyl adjacent to an activating group) is 1. The molecule has 0 aliphatic rings. The third kappa shape index (κ3) is 7.53. The molecule has 172 valence electrons. The van der Waals surface area contributed by atoms with Crippen LogP contribution in [0, 0.1) is 0 Å². The summed E-state index contributed by atoms with van der Waals surface area (Å²) in [6, 6.07) is 24.0. The fourth-order valence-electron chi connectivity index (χ4n) is 3.50. The second-order valence-corrected chi connectivity index (χ2v) is 9.38. The van der Waals surface area contributed by atoms with Crippen molar-refractivity contribution in [1.82, 2.24) is 10.2 Å². The van der Waals surface area contributed by atoms with Crippen LogP contribution < -0.4 is 5.32 Å². The molecule has 3 aromatic carbocycles. The van der Waals surface area contributed by atoms with Crippen LogP contribution in [0.3, 0.4) is 0 Å². The summed E-state index contributed by atoms with van der Waals surface area (Å²) in [6.07, 6.45) is 0.419. The molecule has 0 spiro atoms. The zero-order valence-corrected chi connectivity index (χ0v) is 20.7. The predicted octanol–water partition coefficient (Wildman–Crippen LogP) is 5.61. The van der Waals surface area contributed by atoms with Gasteiger partial charge >= 0.3 is 0 Å². The smallest absolute Gasteiger partial charge is 0.242 e. The first-order valence-electron chi connectivity index (χ1n) is 10.6. The third-order valence-electron chi connectivity index (χ3n) is 5.20. The van der Waals surface area contributed by atoms with Gasteiger partial charge in [0.25, 0.3) is 0 Å². The van der Waals surface area contributed by atoms with Crippen molar-refractivity contribution in [2.45, 2.75) is 24.8 Å². The summed E-state index contributed by atoms with van der Waals surface area (Å²) in [5, 5.41) is 4.00. The highest BCUT2D eigenvalue weighted by Crippen LogP contribution is 2.23. The summed E-state index contributed by atoms with van der Waals surface area (Å²) in [5.74, 6) is 0.523. The normalized spacial score (nSPS) is 11.6. The van der Waals surface area contributed by atoms with Gasteiger partial charge in [0, 0.05) is 35.8 Å². The molecule has 1 atom stereocenters. The summed E-state index contributed by atoms with van der Waals surface area (Å²) in [5.41, 5.74) is 2.83. The lowest BCUT2D eigenvalue weighted by Gasteiger charge is -2.31. The Balaban J connectivity index is 1.81. The molecule has 0 saturated carbocycles. The molecule has 33 heavy (non-hydrogen) atoms. The van der Waals surface area contributed by atoms with Crippen molar-refractivity contribution in [3.63, 3.8) is 0 Å². The number of amides is 2. The second kappa shape index (κ2) is 12.7. The Kier molecular flexibility index (Phi) is 9.67. The Morgan fingerprint density at radius 2 is 1.64 bits per heavy atom. The number of carbonyl (C=O) groups excluding carboxylic acids is 2. The molecule has 4 nitrogen and oxygen atoms in total. The lowest BCUT2D eigenvalue weighted by Crippen LogP contribution is -2.50. The minimum atomic E-state index is -0.648. The number of hydrogen-bond acceptors (Lipinski definition) is 3. The number of nitrogens with zero attached hydrogens (tertiary/aromatic N) is 1. The number of thioether (sulfide) groups is 1. The highest BCUT2D eigenvalue weighted by atomic mass is 35.5. The van der Waals surface area contributed by atoms with E-state index < -0.39 is 6.04 Å². The van der Waals surface area contributed by atoms with Crippen LogP contribution in [0.2, 0.25) is 10.0 Å². The summed E-state index contributed by atoms with van der Waals surface area (Å²) in [4.78, 5) is 28.0. The van der Waals surface area contributed by atoms with Crippen molar-refractivity contribution in [1.29, 1.82) is 0 Å². The third-order valence-corrected chi connectivity index (χ3v) is 6.77. The van der Waals surface area contributed by atoms with E-state index >= 15 is 0 Å². The molecule has 1 N–H and O–H groups in total. The summed E-state index contributed by atoms with van der Waals surface area (Å²) in [6.45, 7) is 0.289. The number of rotatable bonds is 10. The van der Waals surface area contributed by atoms with Gasteiger partial charge in [0.05, 0.1) is 5.75 Å². The van der Waals surface area contributed by atoms with E-state index in [0.717, 1.165) is 16.7 Å². The Morgan fingerprint density at radius 1 is 0.939 bits per heavy atom. The maximum absolute atomic E-state index is 13.4. The van der Waals surface area contributed by atoms with E-state index in [-0.39, 0.29) is 24.1 Å². The molecule has 7 heteroatoms. The van der Waals surface area contributed by atoms with E-state index in [2.05, 4.69) is 5.32 Å². The number of nitrogens with one attached hydrogen (secondary N) is 1. The van der Waals surface area contributed by atoms with E-state index in [1.165, 1.54) is 11.8 Å². The van der Waals surface area contributed by atoms with Gasteiger partial charge in [-0.15, -0.1) is 11.8 Å². The first kappa shape index (κ1) is 25.2. The number of benzene rings is 3. The maximum atomic E-state index is 13.4. The van der Waals surface area contributed by atoms with Crippen LogP contribution in [0.5, 0.6) is 0 Å². The zero-order chi connectivity index (χ0) is 23.6. The predicted molar refractivity (Wildman–Crippen MR) is 138 cm³/mol. The molecule has 0 heterocycles. The maximum Gasteiger partial charge on any atom is 0.242 e. The van der Waals surface area contributed by atoms with Crippen LogP contribution in [0.15, 0.2) is 78.9 Å². The van der Waals surface area contributed by atoms with Gasteiger partial charge in [-0.1, -0.05) is 83.9 Å². The van der Waals surface area contributed by atoms with Crippen molar-refractivity contribution >= 4 is 46.8 Å². The molecule has 0 aliphatic heterocycles. The standard InChI is InChI=1S/C26H26Cl2N2O2S/c1-29-26(32)24(15-19-8-3-2-4-9-19)30(16-20-10-7-12-22(27)14-20)25(31)18-33-17-21-11-5-6-13-23(21)28/h2-14,24H,15-18H2,1H3,(H,29,32)/t24-/m1/s1. The second-order valence-electron chi connectivity index (χ2n) is 7.56. The molecule has 0 fully saturated rings. The van der Waals surface area contributed by atoms with Gasteiger partial charge in [-0.25, -0.2) is 0 Å². The Morgan fingerprint density at radius 3 is 2.33 bits per heavy atom. The number of halogens is 2. The Bertz CT molecular complexity index is 1080. The van der Waals surface area contributed by atoms with Gasteiger partial charge in [-0.05, 0) is 34.9 Å². The molecular weight excluding hydrogens is 475 g/mol. The molecule has 0 saturated heterocycles. The van der Waals surface area contributed by atoms with Gasteiger partial charge < -0.3 is 10.2 Å². The average molecular weight is 501 g/mol. The summed E-state index contributed by atoms with van der Waals surface area (Å²) in [7, 11) is 1.59. The minimum Gasteiger partial charge on any atom is -0.357 e. The van der Waals surface area contributed by atoms with E-state index in [1.54, 1.807) is 18.0 Å². The first-order chi connectivity index (χ1) is 16.0. The van der Waals surface area contributed by atoms with Crippen molar-refractivity contribution in [2.75, 3.05) is 12.8 Å². The molecule has 0 bridgehead atoms. The highest BCUT2D eigenvalue weighted by molar-refractivity contribution is 7.99. The zero-order valence-electron chi connectivity index (χ0n) is 18.3. The molecule has 0 aromatic heterocycles. The van der Waals surface area contributed by atoms with Gasteiger partial charge in [0.15, 0.2) is 0 Å². The lowest BCUT2D eigenvalue weighted by atomic mass is 10.0. The van der Waals surface area contributed by atoms with Crippen molar-refractivity contribution < 1.29 is 9.59 Å². The van der Waals surface area contributed by atoms with Crippen LogP contribution >= 0.6 is 35.0 Å². The molecule has 3 rings (SSSR count). The van der Waals surface area contributed by atoms with Crippen LogP contribution in [0.4, 0.5) is 0 Å². The van der Waals surface area contributed by atoms with Gasteiger partial charge in [-0.2, -0.15) is 0 Å². The summed E-state index contributed by atoms with van der Waals surface area (Å²) >= 11 is 13.9. The molecule has 0 unspecified atom stereocenters. The quantitative estimate of drug-likeness (QED) is 0.393. The molecule has 3 aromatic rings. The number of hydrogen-bond donors (Lipinski definition) is 1. The molecule has 2 amide bonds. The fourth-order valence-corrected chi connectivity index (χ4v) is 4.91. The first-order valence-corrected chi connectivity index (χ1v) is 12.5. The SMILES string of the molecule is CNC(=O)[C@@H](Cc1ccccc1)N(Cc1cccc(Cl)c1)C(=O)CSCc1ccccc1Cl. The lowest BCUT2D eigenvalue weighted by molar-refractivity contribution is -0.139. The average Bonchev–Trinajstić information content (AvgIpc) is 2.82. The Labute approximate surface area is 209 Å². The molecule has 0 radical (unpaired) electrons. The summed E-state index contributed by atoms with van der Waals surface area (Å²) < 4.78 is 0. The highest BCUT2D eigenvalue weighted by Gasteiger charge is 2.29. The van der Waals surface area contributed by atoms with E-state index in [9.17, 15) is 9.59 Å². The van der Waals surface area contributed by atoms with Crippen LogP contribution in [-0.2, 0) is 28.3 Å². The monoisotopic (exact) mass is 500 g/mol. The largest absolute Gasteiger partial charge is 0.357 e. The molecule has 0 aliphatic carbocycles. The van der Waals surface area contributed by atoms with Crippen LogP contribution in [0.1, 0.15) is 16.7 Å². The fraction of sp³-hybridized carbons (Fsp3) is 0.231. The van der Waals surface area contributed by atoms with Crippen LogP contribution in [0.25, 0.3) is 0 Å². The van der Waals surface area contributed by atoms with Gasteiger partial charge in [0.1, 0.15) is 6.04 Å².